The zero-order valence-electron chi connectivity index (χ0n) is 14.8. The van der Waals surface area contributed by atoms with Crippen molar-refractivity contribution >= 4 is 0 Å². The van der Waals surface area contributed by atoms with Crippen molar-refractivity contribution in [2.45, 2.75) is 18.9 Å². The molecule has 0 aromatic heterocycles. The lowest BCUT2D eigenvalue weighted by atomic mass is 9.80. The summed E-state index contributed by atoms with van der Waals surface area (Å²) in [4.78, 5) is 2.62. The van der Waals surface area contributed by atoms with Crippen LogP contribution < -0.4 is 0 Å². The second-order valence-corrected chi connectivity index (χ2v) is 7.14. The Kier molecular flexibility index (Phi) is 4.67. The smallest absolute Gasteiger partial charge is 0.0602 e. The number of likely N-dealkylation sites (tertiary alicyclic amines) is 1. The van der Waals surface area contributed by atoms with Crippen LogP contribution in [-0.2, 0) is 0 Å². The molecule has 1 atom stereocenters. The van der Waals surface area contributed by atoms with Crippen LogP contribution >= 0.6 is 0 Å². The van der Waals surface area contributed by atoms with E-state index in [0.717, 1.165) is 19.0 Å². The summed E-state index contributed by atoms with van der Waals surface area (Å²) in [6.45, 7) is 4.69. The number of benzene rings is 3. The van der Waals surface area contributed by atoms with Gasteiger partial charge in [0.25, 0.3) is 0 Å². The molecule has 25 heavy (non-hydrogen) atoms. The predicted octanol–water partition coefficient (Wildman–Crippen LogP) is 5.51. The highest BCUT2D eigenvalue weighted by molar-refractivity contribution is 5.33. The minimum Gasteiger partial charge on any atom is -0.292 e. The molecule has 1 aliphatic heterocycles. The van der Waals surface area contributed by atoms with Gasteiger partial charge in [-0.1, -0.05) is 97.9 Å². The van der Waals surface area contributed by atoms with Gasteiger partial charge in [0.15, 0.2) is 0 Å². The molecule has 3 aromatic carbocycles. The fourth-order valence-electron chi connectivity index (χ4n) is 3.99. The van der Waals surface area contributed by atoms with Crippen molar-refractivity contribution in [1.29, 1.82) is 0 Å². The Hall–Kier alpha value is -2.38. The van der Waals surface area contributed by atoms with Crippen LogP contribution in [0.2, 0.25) is 0 Å². The zero-order chi connectivity index (χ0) is 17.1. The van der Waals surface area contributed by atoms with Crippen molar-refractivity contribution in [3.8, 4) is 0 Å². The minimum atomic E-state index is 0.363. The van der Waals surface area contributed by atoms with Crippen LogP contribution in [0.4, 0.5) is 0 Å². The molecule has 0 bridgehead atoms. The van der Waals surface area contributed by atoms with Crippen LogP contribution in [0.5, 0.6) is 0 Å². The third kappa shape index (κ3) is 3.38. The molecule has 0 aliphatic carbocycles. The van der Waals surface area contributed by atoms with Gasteiger partial charge in [0.1, 0.15) is 0 Å². The van der Waals surface area contributed by atoms with Crippen LogP contribution in [0.1, 0.15) is 35.6 Å². The van der Waals surface area contributed by atoms with Crippen molar-refractivity contribution in [2.24, 2.45) is 5.92 Å². The summed E-state index contributed by atoms with van der Waals surface area (Å²) in [5, 5.41) is 0. The Balaban J connectivity index is 1.53. The topological polar surface area (TPSA) is 3.24 Å². The monoisotopic (exact) mass is 327 g/mol. The fourth-order valence-corrected chi connectivity index (χ4v) is 3.99. The van der Waals surface area contributed by atoms with Gasteiger partial charge in [-0.2, -0.15) is 0 Å². The Bertz CT molecular complexity index is 737. The second kappa shape index (κ2) is 7.25. The van der Waals surface area contributed by atoms with E-state index in [1.54, 1.807) is 0 Å². The van der Waals surface area contributed by atoms with Gasteiger partial charge in [-0.05, 0) is 28.5 Å². The van der Waals surface area contributed by atoms with Crippen LogP contribution in [0.25, 0.3) is 0 Å². The molecule has 126 valence electrons. The summed E-state index contributed by atoms with van der Waals surface area (Å²) in [7, 11) is 0. The standard InChI is InChI=1S/C24H25N/c1-19(20-11-5-2-6-12-20)23-17-25(18-23)24(21-13-7-3-8-14-21)22-15-9-4-10-16-22/h2-16,19,23-24H,17-18H2,1H3. The Morgan fingerprint density at radius 2 is 1.04 bits per heavy atom. The predicted molar refractivity (Wildman–Crippen MR) is 105 cm³/mol. The van der Waals surface area contributed by atoms with E-state index in [4.69, 9.17) is 0 Å². The lowest BCUT2D eigenvalue weighted by molar-refractivity contribution is 0.0550. The molecule has 1 heteroatoms. The number of nitrogens with zero attached hydrogens (tertiary/aromatic N) is 1. The van der Waals surface area contributed by atoms with E-state index in [1.807, 2.05) is 0 Å². The van der Waals surface area contributed by atoms with E-state index in [-0.39, 0.29) is 0 Å². The zero-order valence-corrected chi connectivity index (χ0v) is 14.8. The van der Waals surface area contributed by atoms with E-state index in [0.29, 0.717) is 12.0 Å². The highest BCUT2D eigenvalue weighted by atomic mass is 15.2. The van der Waals surface area contributed by atoms with Crippen LogP contribution in [0, 0.1) is 5.92 Å². The molecule has 1 aliphatic rings. The average molecular weight is 327 g/mol. The van der Waals surface area contributed by atoms with Crippen molar-refractivity contribution < 1.29 is 0 Å². The maximum Gasteiger partial charge on any atom is 0.0602 e. The normalized spacial score (nSPS) is 16.6. The quantitative estimate of drug-likeness (QED) is 0.597. The van der Waals surface area contributed by atoms with Gasteiger partial charge in [-0.15, -0.1) is 0 Å². The van der Waals surface area contributed by atoms with Gasteiger partial charge < -0.3 is 0 Å². The first-order valence-corrected chi connectivity index (χ1v) is 9.22. The molecule has 1 saturated heterocycles. The van der Waals surface area contributed by atoms with Gasteiger partial charge in [0.2, 0.25) is 0 Å². The largest absolute Gasteiger partial charge is 0.292 e. The number of hydrogen-bond acceptors (Lipinski definition) is 1. The molecule has 1 heterocycles. The van der Waals surface area contributed by atoms with Crippen LogP contribution in [0.3, 0.4) is 0 Å². The highest BCUT2D eigenvalue weighted by Crippen LogP contribution is 2.39. The highest BCUT2D eigenvalue weighted by Gasteiger charge is 2.36. The fraction of sp³-hybridized carbons (Fsp3) is 0.250. The second-order valence-electron chi connectivity index (χ2n) is 7.14. The molecule has 1 nitrogen and oxygen atoms in total. The lowest BCUT2D eigenvalue weighted by Crippen LogP contribution is -2.50. The molecule has 0 spiro atoms. The molecule has 0 amide bonds. The Morgan fingerprint density at radius 3 is 1.48 bits per heavy atom. The third-order valence-corrected chi connectivity index (χ3v) is 5.57. The van der Waals surface area contributed by atoms with Gasteiger partial charge >= 0.3 is 0 Å². The third-order valence-electron chi connectivity index (χ3n) is 5.57. The molecule has 0 saturated carbocycles. The average Bonchev–Trinajstić information content (AvgIpc) is 2.66. The Morgan fingerprint density at radius 1 is 0.640 bits per heavy atom. The summed E-state index contributed by atoms with van der Waals surface area (Å²) in [6, 6.07) is 33.1. The SMILES string of the molecule is CC(c1ccccc1)C1CN(C(c2ccccc2)c2ccccc2)C1. The van der Waals surface area contributed by atoms with Crippen molar-refractivity contribution in [2.75, 3.05) is 13.1 Å². The molecule has 0 radical (unpaired) electrons. The molecule has 3 aromatic rings. The van der Waals surface area contributed by atoms with E-state index < -0.39 is 0 Å². The van der Waals surface area contributed by atoms with E-state index >= 15 is 0 Å². The first kappa shape index (κ1) is 16.1. The van der Waals surface area contributed by atoms with Gasteiger partial charge in [-0.25, -0.2) is 0 Å². The maximum absolute atomic E-state index is 2.62. The molecule has 1 fully saturated rings. The summed E-state index contributed by atoms with van der Waals surface area (Å²) < 4.78 is 0. The van der Waals surface area contributed by atoms with E-state index in [2.05, 4.69) is 103 Å². The summed E-state index contributed by atoms with van der Waals surface area (Å²) in [5.41, 5.74) is 4.24. The molecule has 0 N–H and O–H groups in total. The number of rotatable bonds is 5. The van der Waals surface area contributed by atoms with Gasteiger partial charge in [-0.3, -0.25) is 4.90 Å². The van der Waals surface area contributed by atoms with Gasteiger partial charge in [0, 0.05) is 13.1 Å². The summed E-state index contributed by atoms with van der Waals surface area (Å²) >= 11 is 0. The lowest BCUT2D eigenvalue weighted by Gasteiger charge is -2.47. The minimum absolute atomic E-state index is 0.363. The van der Waals surface area contributed by atoms with Crippen molar-refractivity contribution in [1.82, 2.24) is 4.90 Å². The molecular weight excluding hydrogens is 302 g/mol. The first-order chi connectivity index (χ1) is 12.3. The molecular formula is C24H25N. The van der Waals surface area contributed by atoms with Crippen molar-refractivity contribution in [3.63, 3.8) is 0 Å². The van der Waals surface area contributed by atoms with Crippen LogP contribution in [-0.4, -0.2) is 18.0 Å². The van der Waals surface area contributed by atoms with E-state index in [1.165, 1.54) is 16.7 Å². The maximum atomic E-state index is 2.62. The summed E-state index contributed by atoms with van der Waals surface area (Å²) in [6.07, 6.45) is 0. The Labute approximate surface area is 150 Å². The number of hydrogen-bond donors (Lipinski definition) is 0. The summed E-state index contributed by atoms with van der Waals surface area (Å²) in [5.74, 6) is 1.35. The molecule has 4 rings (SSSR count). The van der Waals surface area contributed by atoms with E-state index in [9.17, 15) is 0 Å². The molecule has 1 unspecified atom stereocenters. The van der Waals surface area contributed by atoms with Gasteiger partial charge in [0.05, 0.1) is 6.04 Å². The first-order valence-electron chi connectivity index (χ1n) is 9.22. The van der Waals surface area contributed by atoms with Crippen LogP contribution in [0.15, 0.2) is 91.0 Å². The van der Waals surface area contributed by atoms with Crippen molar-refractivity contribution in [3.05, 3.63) is 108 Å².